The quantitative estimate of drug-likeness (QED) is 0.585. The lowest BCUT2D eigenvalue weighted by Gasteiger charge is -2.11. The lowest BCUT2D eigenvalue weighted by atomic mass is 10.8. The molecule has 0 aromatic rings. The SMILES string of the molecule is C[CH]S(=O)(=O)N(C)CC. The van der Waals surface area contributed by atoms with Crippen molar-refractivity contribution in [3.8, 4) is 0 Å². The molecule has 0 unspecified atom stereocenters. The highest BCUT2D eigenvalue weighted by atomic mass is 32.2. The van der Waals surface area contributed by atoms with Crippen molar-refractivity contribution >= 4 is 10.0 Å². The molecule has 1 radical (unpaired) electrons. The maximum atomic E-state index is 10.8. The lowest BCUT2D eigenvalue weighted by molar-refractivity contribution is 0.492. The number of sulfonamides is 1. The van der Waals surface area contributed by atoms with Crippen LogP contribution in [-0.2, 0) is 10.0 Å². The molecule has 0 aliphatic rings. The van der Waals surface area contributed by atoms with Crippen molar-refractivity contribution in [2.75, 3.05) is 13.6 Å². The van der Waals surface area contributed by atoms with Crippen LogP contribution in [0.4, 0.5) is 0 Å². The highest BCUT2D eigenvalue weighted by Crippen LogP contribution is 1.98. The minimum atomic E-state index is -3.04. The topological polar surface area (TPSA) is 37.4 Å². The Morgan fingerprint density at radius 2 is 2.00 bits per heavy atom. The van der Waals surface area contributed by atoms with Crippen LogP contribution in [0.3, 0.4) is 0 Å². The van der Waals surface area contributed by atoms with Crippen LogP contribution in [-0.4, -0.2) is 26.3 Å². The van der Waals surface area contributed by atoms with Crippen molar-refractivity contribution in [1.29, 1.82) is 0 Å². The Morgan fingerprint density at radius 1 is 1.56 bits per heavy atom. The molecule has 0 spiro atoms. The Kier molecular flexibility index (Phi) is 3.14. The molecule has 55 valence electrons. The number of hydrogen-bond donors (Lipinski definition) is 0. The van der Waals surface area contributed by atoms with Crippen LogP contribution in [0.2, 0.25) is 0 Å². The predicted molar refractivity (Wildman–Crippen MR) is 37.2 cm³/mol. The van der Waals surface area contributed by atoms with E-state index in [2.05, 4.69) is 0 Å². The molecule has 0 saturated carbocycles. The molecule has 0 aromatic heterocycles. The largest absolute Gasteiger partial charge is 0.217 e. The molecule has 0 heterocycles. The van der Waals surface area contributed by atoms with Gasteiger partial charge in [0.1, 0.15) is 0 Å². The van der Waals surface area contributed by atoms with Gasteiger partial charge >= 0.3 is 0 Å². The van der Waals surface area contributed by atoms with Crippen molar-refractivity contribution in [2.45, 2.75) is 13.8 Å². The molecule has 0 aliphatic heterocycles. The van der Waals surface area contributed by atoms with Gasteiger partial charge in [-0.15, -0.1) is 0 Å². The summed E-state index contributed by atoms with van der Waals surface area (Å²) < 4.78 is 22.9. The summed E-state index contributed by atoms with van der Waals surface area (Å²) in [5.41, 5.74) is 0. The molecule has 0 aliphatic carbocycles. The van der Waals surface area contributed by atoms with E-state index in [1.807, 2.05) is 0 Å². The zero-order valence-corrected chi connectivity index (χ0v) is 6.77. The van der Waals surface area contributed by atoms with E-state index in [9.17, 15) is 8.42 Å². The average Bonchev–Trinajstić information content (AvgIpc) is 1.86. The van der Waals surface area contributed by atoms with E-state index >= 15 is 0 Å². The van der Waals surface area contributed by atoms with Crippen LogP contribution < -0.4 is 0 Å². The molecule has 9 heavy (non-hydrogen) atoms. The van der Waals surface area contributed by atoms with Crippen molar-refractivity contribution in [2.24, 2.45) is 0 Å². The van der Waals surface area contributed by atoms with E-state index in [0.29, 0.717) is 6.54 Å². The Labute approximate surface area is 56.7 Å². The van der Waals surface area contributed by atoms with Gasteiger partial charge in [-0.25, -0.2) is 12.7 Å². The van der Waals surface area contributed by atoms with E-state index < -0.39 is 10.0 Å². The van der Waals surface area contributed by atoms with Crippen LogP contribution in [0, 0.1) is 5.75 Å². The maximum Gasteiger partial charge on any atom is 0.217 e. The van der Waals surface area contributed by atoms with Gasteiger partial charge in [0.05, 0.1) is 5.75 Å². The van der Waals surface area contributed by atoms with Gasteiger partial charge in [-0.3, -0.25) is 0 Å². The summed E-state index contributed by atoms with van der Waals surface area (Å²) in [6.45, 7) is 3.83. The van der Waals surface area contributed by atoms with Gasteiger partial charge in [0, 0.05) is 13.6 Å². The van der Waals surface area contributed by atoms with Crippen molar-refractivity contribution < 1.29 is 8.42 Å². The Hall–Kier alpha value is -0.0900. The fourth-order valence-corrected chi connectivity index (χ4v) is 1.08. The Bertz CT molecular complexity index is 162. The molecule has 0 amide bonds. The Balaban J connectivity index is 4.17. The van der Waals surface area contributed by atoms with Crippen LogP contribution in [0.5, 0.6) is 0 Å². The van der Waals surface area contributed by atoms with E-state index in [4.69, 9.17) is 0 Å². The van der Waals surface area contributed by atoms with Gasteiger partial charge in [0.15, 0.2) is 0 Å². The van der Waals surface area contributed by atoms with Crippen molar-refractivity contribution in [3.63, 3.8) is 0 Å². The van der Waals surface area contributed by atoms with Gasteiger partial charge in [0.25, 0.3) is 0 Å². The first-order valence-corrected chi connectivity index (χ1v) is 4.30. The summed E-state index contributed by atoms with van der Waals surface area (Å²) in [7, 11) is -1.49. The smallest absolute Gasteiger partial charge is 0.212 e. The number of hydrogen-bond acceptors (Lipinski definition) is 2. The van der Waals surface area contributed by atoms with Crippen LogP contribution in [0.25, 0.3) is 0 Å². The predicted octanol–water partition coefficient (Wildman–Crippen LogP) is 0.450. The van der Waals surface area contributed by atoms with E-state index in [1.165, 1.54) is 17.0 Å². The normalized spacial score (nSPS) is 12.4. The first-order chi connectivity index (χ1) is 4.04. The molecule has 0 fully saturated rings. The van der Waals surface area contributed by atoms with Crippen LogP contribution in [0.15, 0.2) is 0 Å². The summed E-state index contributed by atoms with van der Waals surface area (Å²) >= 11 is 0. The zero-order chi connectivity index (χ0) is 7.49. The third-order valence-corrected chi connectivity index (χ3v) is 2.90. The summed E-state index contributed by atoms with van der Waals surface area (Å²) in [6, 6.07) is 0. The van der Waals surface area contributed by atoms with Crippen molar-refractivity contribution in [3.05, 3.63) is 5.75 Å². The monoisotopic (exact) mass is 150 g/mol. The zero-order valence-electron chi connectivity index (χ0n) is 5.96. The van der Waals surface area contributed by atoms with E-state index in [0.717, 1.165) is 0 Å². The van der Waals surface area contributed by atoms with Crippen molar-refractivity contribution in [1.82, 2.24) is 4.31 Å². The third-order valence-electron chi connectivity index (χ3n) is 1.18. The molecule has 0 rings (SSSR count). The summed E-state index contributed by atoms with van der Waals surface area (Å²) in [4.78, 5) is 0. The van der Waals surface area contributed by atoms with Gasteiger partial charge in [-0.1, -0.05) is 6.92 Å². The summed E-state index contributed by atoms with van der Waals surface area (Å²) in [5, 5.41) is 0. The second-order valence-electron chi connectivity index (χ2n) is 1.69. The van der Waals surface area contributed by atoms with Gasteiger partial charge in [0.2, 0.25) is 10.0 Å². The first kappa shape index (κ1) is 8.91. The second-order valence-corrected chi connectivity index (χ2v) is 3.82. The first-order valence-electron chi connectivity index (χ1n) is 2.80. The highest BCUT2D eigenvalue weighted by molar-refractivity contribution is 7.91. The molecule has 0 N–H and O–H groups in total. The minimum absolute atomic E-state index is 0.521. The molecule has 4 heteroatoms. The van der Waals surface area contributed by atoms with Gasteiger partial charge in [-0.2, -0.15) is 0 Å². The van der Waals surface area contributed by atoms with Gasteiger partial charge in [-0.05, 0) is 6.92 Å². The second kappa shape index (κ2) is 3.17. The fraction of sp³-hybridized carbons (Fsp3) is 0.800. The Morgan fingerprint density at radius 3 is 2.11 bits per heavy atom. The average molecular weight is 150 g/mol. The number of rotatable bonds is 3. The molecule has 0 saturated heterocycles. The van der Waals surface area contributed by atoms with Crippen LogP contribution in [0.1, 0.15) is 13.8 Å². The van der Waals surface area contributed by atoms with Crippen LogP contribution >= 0.6 is 0 Å². The molecular weight excluding hydrogens is 138 g/mol. The minimum Gasteiger partial charge on any atom is -0.212 e. The third kappa shape index (κ3) is 2.32. The van der Waals surface area contributed by atoms with Gasteiger partial charge < -0.3 is 0 Å². The lowest BCUT2D eigenvalue weighted by Crippen LogP contribution is -2.25. The summed E-state index contributed by atoms with van der Waals surface area (Å²) in [6.07, 6.45) is 0. The summed E-state index contributed by atoms with van der Waals surface area (Å²) in [5.74, 6) is 1.19. The number of nitrogens with zero attached hydrogens (tertiary/aromatic N) is 1. The van der Waals surface area contributed by atoms with E-state index in [-0.39, 0.29) is 0 Å². The molecule has 3 nitrogen and oxygen atoms in total. The highest BCUT2D eigenvalue weighted by Gasteiger charge is 2.11. The van der Waals surface area contributed by atoms with E-state index in [1.54, 1.807) is 14.0 Å². The molecule has 0 bridgehead atoms. The molecule has 0 atom stereocenters. The fourth-order valence-electron chi connectivity index (χ4n) is 0.360. The maximum absolute atomic E-state index is 10.8. The molecular formula is C5H12NO2S. The molecule has 0 aromatic carbocycles. The standard InChI is InChI=1S/C5H12NO2S/c1-4-6(3)9(7,8)5-2/h5H,4H2,1-3H3.